The molecule has 1 heteroatoms. The van der Waals surface area contributed by atoms with Crippen LogP contribution in [0.1, 0.15) is 58.8 Å². The lowest BCUT2D eigenvalue weighted by molar-refractivity contribution is 0.176. The van der Waals surface area contributed by atoms with Gasteiger partial charge < -0.3 is 4.74 Å². The molecule has 82 valence electrons. The Labute approximate surface area is 88.5 Å². The number of allylic oxidation sites excluding steroid dienone is 2. The molecule has 1 aliphatic carbocycles. The second-order valence-corrected chi connectivity index (χ2v) is 4.45. The van der Waals surface area contributed by atoms with E-state index in [9.17, 15) is 0 Å². The van der Waals surface area contributed by atoms with Crippen LogP contribution in [0.2, 0.25) is 0 Å². The lowest BCUT2D eigenvalue weighted by Crippen LogP contribution is -2.03. The Bertz CT molecular complexity index is 172. The van der Waals surface area contributed by atoms with E-state index in [2.05, 4.69) is 19.9 Å². The van der Waals surface area contributed by atoms with E-state index >= 15 is 0 Å². The molecule has 0 N–H and O–H groups in total. The molecule has 0 spiro atoms. The third-order valence-corrected chi connectivity index (χ3v) is 2.93. The summed E-state index contributed by atoms with van der Waals surface area (Å²) in [6.45, 7) is 5.50. The minimum absolute atomic E-state index is 0.823. The zero-order valence-corrected chi connectivity index (χ0v) is 9.72. The van der Waals surface area contributed by atoms with Gasteiger partial charge in [-0.05, 0) is 37.7 Å². The largest absolute Gasteiger partial charge is 0.498 e. The average molecular weight is 196 g/mol. The first kappa shape index (κ1) is 11.6. The van der Waals surface area contributed by atoms with Gasteiger partial charge in [0.25, 0.3) is 0 Å². The Balaban J connectivity index is 2.05. The summed E-state index contributed by atoms with van der Waals surface area (Å²) >= 11 is 0. The summed E-state index contributed by atoms with van der Waals surface area (Å²) in [7, 11) is 0. The Kier molecular flexibility index (Phi) is 5.74. The molecule has 0 aromatic heterocycles. The van der Waals surface area contributed by atoms with Crippen LogP contribution in [0.25, 0.3) is 0 Å². The Morgan fingerprint density at radius 1 is 1.36 bits per heavy atom. The number of hydrogen-bond acceptors (Lipinski definition) is 1. The second-order valence-electron chi connectivity index (χ2n) is 4.45. The fourth-order valence-corrected chi connectivity index (χ4v) is 1.97. The van der Waals surface area contributed by atoms with Gasteiger partial charge in [0, 0.05) is 6.42 Å². The third-order valence-electron chi connectivity index (χ3n) is 2.93. The van der Waals surface area contributed by atoms with Crippen molar-refractivity contribution in [2.45, 2.75) is 58.8 Å². The van der Waals surface area contributed by atoms with Gasteiger partial charge in [0.2, 0.25) is 0 Å². The van der Waals surface area contributed by atoms with Gasteiger partial charge >= 0.3 is 0 Å². The van der Waals surface area contributed by atoms with E-state index in [1.165, 1.54) is 50.7 Å². The Morgan fingerprint density at radius 2 is 2.21 bits per heavy atom. The molecule has 14 heavy (non-hydrogen) atoms. The van der Waals surface area contributed by atoms with Crippen molar-refractivity contribution in [2.75, 3.05) is 6.61 Å². The first-order chi connectivity index (χ1) is 6.83. The monoisotopic (exact) mass is 196 g/mol. The minimum atomic E-state index is 0.823. The van der Waals surface area contributed by atoms with Crippen LogP contribution in [0.15, 0.2) is 11.8 Å². The van der Waals surface area contributed by atoms with E-state index in [0.717, 1.165) is 12.5 Å². The summed E-state index contributed by atoms with van der Waals surface area (Å²) in [6.07, 6.45) is 11.2. The second kappa shape index (κ2) is 6.92. The smallest absolute Gasteiger partial charge is 0.0919 e. The first-order valence-corrected chi connectivity index (χ1v) is 6.14. The van der Waals surface area contributed by atoms with E-state index < -0.39 is 0 Å². The maximum atomic E-state index is 5.76. The molecule has 1 rings (SSSR count). The van der Waals surface area contributed by atoms with Crippen LogP contribution in [-0.4, -0.2) is 6.61 Å². The summed E-state index contributed by atoms with van der Waals surface area (Å²) in [6, 6.07) is 0. The normalized spacial score (nSPS) is 18.9. The molecule has 0 fully saturated rings. The highest BCUT2D eigenvalue weighted by Crippen LogP contribution is 2.19. The lowest BCUT2D eigenvalue weighted by atomic mass is 10.0. The third kappa shape index (κ3) is 4.69. The summed E-state index contributed by atoms with van der Waals surface area (Å²) in [4.78, 5) is 0. The summed E-state index contributed by atoms with van der Waals surface area (Å²) in [5.41, 5.74) is 0. The van der Waals surface area contributed by atoms with Crippen molar-refractivity contribution in [3.05, 3.63) is 11.8 Å². The number of ether oxygens (including phenoxy) is 1. The van der Waals surface area contributed by atoms with Gasteiger partial charge in [0.1, 0.15) is 0 Å². The van der Waals surface area contributed by atoms with Crippen molar-refractivity contribution >= 4 is 0 Å². The maximum absolute atomic E-state index is 5.76. The molecule has 0 amide bonds. The van der Waals surface area contributed by atoms with E-state index in [0.29, 0.717) is 0 Å². The molecule has 0 saturated carbocycles. The van der Waals surface area contributed by atoms with E-state index in [-0.39, 0.29) is 0 Å². The fraction of sp³-hybridized carbons (Fsp3) is 0.846. The van der Waals surface area contributed by atoms with Gasteiger partial charge in [-0.1, -0.05) is 26.7 Å². The van der Waals surface area contributed by atoms with E-state index in [1.807, 2.05) is 0 Å². The summed E-state index contributed by atoms with van der Waals surface area (Å²) in [5.74, 6) is 2.07. The molecule has 0 heterocycles. The van der Waals surface area contributed by atoms with Gasteiger partial charge in [-0.2, -0.15) is 0 Å². The predicted octanol–water partition coefficient (Wildman–Crippen LogP) is 4.29. The highest BCUT2D eigenvalue weighted by molar-refractivity contribution is 4.96. The molecule has 1 atom stereocenters. The highest BCUT2D eigenvalue weighted by atomic mass is 16.5. The van der Waals surface area contributed by atoms with Crippen LogP contribution < -0.4 is 0 Å². The Morgan fingerprint density at radius 3 is 2.86 bits per heavy atom. The van der Waals surface area contributed by atoms with Gasteiger partial charge in [-0.15, -0.1) is 0 Å². The number of hydrogen-bond donors (Lipinski definition) is 0. The molecule has 0 aromatic rings. The van der Waals surface area contributed by atoms with E-state index in [4.69, 9.17) is 4.74 Å². The van der Waals surface area contributed by atoms with Gasteiger partial charge in [0.15, 0.2) is 0 Å². The van der Waals surface area contributed by atoms with Gasteiger partial charge in [-0.25, -0.2) is 0 Å². The quantitative estimate of drug-likeness (QED) is 0.616. The molecule has 0 bridgehead atoms. The van der Waals surface area contributed by atoms with Crippen LogP contribution >= 0.6 is 0 Å². The molecular weight excluding hydrogens is 172 g/mol. The zero-order valence-electron chi connectivity index (χ0n) is 9.72. The molecule has 0 aliphatic heterocycles. The Hall–Kier alpha value is -0.460. The lowest BCUT2D eigenvalue weighted by Gasteiger charge is -2.16. The standard InChI is InChI=1S/C13H24O/c1-3-7-12(2)10-11-14-13-8-5-4-6-9-13/h8,12H,3-7,9-11H2,1-2H3. The van der Waals surface area contributed by atoms with Crippen LogP contribution in [-0.2, 0) is 4.74 Å². The SMILES string of the molecule is CCCC(C)CCOC1=CCCCC1. The van der Waals surface area contributed by atoms with Crippen LogP contribution in [0.4, 0.5) is 0 Å². The van der Waals surface area contributed by atoms with Crippen molar-refractivity contribution in [2.24, 2.45) is 5.92 Å². The maximum Gasteiger partial charge on any atom is 0.0919 e. The summed E-state index contributed by atoms with van der Waals surface area (Å²) < 4.78 is 5.76. The van der Waals surface area contributed by atoms with Gasteiger partial charge in [0.05, 0.1) is 12.4 Å². The molecule has 1 unspecified atom stereocenters. The van der Waals surface area contributed by atoms with Crippen molar-refractivity contribution < 1.29 is 4.74 Å². The molecule has 1 aliphatic rings. The van der Waals surface area contributed by atoms with Crippen molar-refractivity contribution in [3.8, 4) is 0 Å². The average Bonchev–Trinajstić information content (AvgIpc) is 2.20. The molecule has 0 saturated heterocycles. The van der Waals surface area contributed by atoms with Crippen molar-refractivity contribution in [1.29, 1.82) is 0 Å². The molecule has 0 radical (unpaired) electrons. The van der Waals surface area contributed by atoms with Crippen molar-refractivity contribution in [1.82, 2.24) is 0 Å². The van der Waals surface area contributed by atoms with Crippen molar-refractivity contribution in [3.63, 3.8) is 0 Å². The highest BCUT2D eigenvalue weighted by Gasteiger charge is 2.05. The van der Waals surface area contributed by atoms with Crippen LogP contribution in [0.5, 0.6) is 0 Å². The van der Waals surface area contributed by atoms with Crippen LogP contribution in [0.3, 0.4) is 0 Å². The van der Waals surface area contributed by atoms with E-state index in [1.54, 1.807) is 0 Å². The van der Waals surface area contributed by atoms with Gasteiger partial charge in [-0.3, -0.25) is 0 Å². The zero-order chi connectivity index (χ0) is 10.2. The number of rotatable bonds is 6. The predicted molar refractivity (Wildman–Crippen MR) is 61.2 cm³/mol. The molecule has 0 aromatic carbocycles. The minimum Gasteiger partial charge on any atom is -0.498 e. The first-order valence-electron chi connectivity index (χ1n) is 6.14. The fourth-order valence-electron chi connectivity index (χ4n) is 1.97. The summed E-state index contributed by atoms with van der Waals surface area (Å²) in [5, 5.41) is 0. The van der Waals surface area contributed by atoms with Crippen LogP contribution in [0, 0.1) is 5.92 Å². The molecule has 1 nitrogen and oxygen atoms in total. The molecular formula is C13H24O. The topological polar surface area (TPSA) is 9.23 Å².